The first-order chi connectivity index (χ1) is 9.45. The maximum atomic E-state index is 12.4. The van der Waals surface area contributed by atoms with Gasteiger partial charge >= 0.3 is 0 Å². The van der Waals surface area contributed by atoms with Crippen LogP contribution in [0.3, 0.4) is 0 Å². The third kappa shape index (κ3) is 2.72. The van der Waals surface area contributed by atoms with Gasteiger partial charge in [0.15, 0.2) is 17.3 Å². The third-order valence-corrected chi connectivity index (χ3v) is 3.87. The van der Waals surface area contributed by atoms with Crippen LogP contribution in [0, 0.1) is 5.92 Å². The molecule has 0 atom stereocenters. The van der Waals surface area contributed by atoms with Gasteiger partial charge in [0.1, 0.15) is 11.7 Å². The molecule has 0 saturated heterocycles. The van der Waals surface area contributed by atoms with Crippen LogP contribution >= 0.6 is 23.2 Å². The number of hydrogen-bond donors (Lipinski definition) is 0. The molecule has 4 nitrogen and oxygen atoms in total. The van der Waals surface area contributed by atoms with Gasteiger partial charge in [0.05, 0.1) is 17.2 Å². The molecule has 0 aromatic heterocycles. The van der Waals surface area contributed by atoms with Crippen molar-refractivity contribution >= 4 is 40.6 Å². The molecule has 1 aromatic carbocycles. The average Bonchev–Trinajstić information content (AvgIpc) is 2.38. The molecule has 0 heterocycles. The minimum atomic E-state index is -1.24. The van der Waals surface area contributed by atoms with Gasteiger partial charge in [-0.15, -0.1) is 0 Å². The van der Waals surface area contributed by atoms with Gasteiger partial charge in [0.2, 0.25) is 0 Å². The minimum Gasteiger partial charge on any atom is -0.495 e. The number of ether oxygens (including phenoxy) is 1. The number of rotatable bonds is 3. The zero-order chi connectivity index (χ0) is 14.9. The predicted octanol–water partition coefficient (Wildman–Crippen LogP) is 3.12. The Balaban J connectivity index is 2.42. The molecule has 0 aliphatic heterocycles. The maximum absolute atomic E-state index is 12.4. The molecule has 1 fully saturated rings. The number of hydrogen-bond acceptors (Lipinski definition) is 4. The second-order valence-electron chi connectivity index (χ2n) is 4.55. The molecule has 1 saturated carbocycles. The summed E-state index contributed by atoms with van der Waals surface area (Å²) in [5.41, 5.74) is 0.0847. The van der Waals surface area contributed by atoms with Crippen molar-refractivity contribution in [1.82, 2.24) is 0 Å². The summed E-state index contributed by atoms with van der Waals surface area (Å²) in [4.78, 5) is 36.0. The van der Waals surface area contributed by atoms with Crippen LogP contribution in [0.25, 0.3) is 0 Å². The number of halogens is 2. The summed E-state index contributed by atoms with van der Waals surface area (Å²) in [6.45, 7) is 0. The minimum absolute atomic E-state index is 0.0847. The van der Waals surface area contributed by atoms with Crippen LogP contribution in [0.4, 0.5) is 0 Å². The zero-order valence-corrected chi connectivity index (χ0v) is 12.3. The number of benzene rings is 1. The Morgan fingerprint density at radius 3 is 2.30 bits per heavy atom. The van der Waals surface area contributed by atoms with Crippen LogP contribution in [0.1, 0.15) is 29.6 Å². The highest BCUT2D eigenvalue weighted by molar-refractivity contribution is 6.39. The molecule has 0 N–H and O–H groups in total. The molecule has 0 spiro atoms. The Morgan fingerprint density at radius 2 is 1.75 bits per heavy atom. The highest BCUT2D eigenvalue weighted by Crippen LogP contribution is 2.33. The summed E-state index contributed by atoms with van der Waals surface area (Å²) < 4.78 is 5.02. The van der Waals surface area contributed by atoms with Crippen molar-refractivity contribution in [2.45, 2.75) is 19.3 Å². The summed E-state index contributed by atoms with van der Waals surface area (Å²) >= 11 is 11.9. The number of methoxy groups -OCH3 is 1. The summed E-state index contributed by atoms with van der Waals surface area (Å²) in [5.74, 6) is -2.26. The lowest BCUT2D eigenvalue weighted by Crippen LogP contribution is -2.35. The van der Waals surface area contributed by atoms with Crippen LogP contribution in [-0.2, 0) is 9.59 Å². The van der Waals surface area contributed by atoms with Crippen molar-refractivity contribution in [2.75, 3.05) is 7.11 Å². The van der Waals surface area contributed by atoms with E-state index in [9.17, 15) is 14.4 Å². The van der Waals surface area contributed by atoms with Crippen molar-refractivity contribution in [2.24, 2.45) is 5.92 Å². The maximum Gasteiger partial charge on any atom is 0.182 e. The van der Waals surface area contributed by atoms with E-state index in [0.29, 0.717) is 6.42 Å². The summed E-state index contributed by atoms with van der Waals surface area (Å²) in [6.07, 6.45) is 0.980. The largest absolute Gasteiger partial charge is 0.495 e. The van der Waals surface area contributed by atoms with Crippen LogP contribution in [-0.4, -0.2) is 24.5 Å². The molecule has 0 amide bonds. The molecule has 1 aliphatic rings. The Hall–Kier alpha value is -1.39. The first-order valence-corrected chi connectivity index (χ1v) is 6.84. The van der Waals surface area contributed by atoms with Gasteiger partial charge in [-0.05, 0) is 18.6 Å². The van der Waals surface area contributed by atoms with Gasteiger partial charge < -0.3 is 4.74 Å². The molecule has 6 heteroatoms. The summed E-state index contributed by atoms with van der Waals surface area (Å²) in [7, 11) is 1.40. The fourth-order valence-corrected chi connectivity index (χ4v) is 2.78. The Bertz CT molecular complexity index is 579. The van der Waals surface area contributed by atoms with Crippen LogP contribution in [0.5, 0.6) is 5.75 Å². The first-order valence-electron chi connectivity index (χ1n) is 6.08. The summed E-state index contributed by atoms with van der Waals surface area (Å²) in [5, 5.41) is 0.363. The predicted molar refractivity (Wildman–Crippen MR) is 74.7 cm³/mol. The topological polar surface area (TPSA) is 60.4 Å². The third-order valence-electron chi connectivity index (χ3n) is 3.26. The van der Waals surface area contributed by atoms with Crippen molar-refractivity contribution in [3.05, 3.63) is 27.7 Å². The van der Waals surface area contributed by atoms with Gasteiger partial charge in [-0.1, -0.05) is 23.2 Å². The van der Waals surface area contributed by atoms with Gasteiger partial charge in [-0.25, -0.2) is 0 Å². The van der Waals surface area contributed by atoms with Gasteiger partial charge in [-0.3, -0.25) is 14.4 Å². The molecule has 0 radical (unpaired) electrons. The van der Waals surface area contributed by atoms with Crippen LogP contribution < -0.4 is 4.74 Å². The van der Waals surface area contributed by atoms with E-state index in [1.807, 2.05) is 0 Å². The average molecular weight is 315 g/mol. The molecular formula is C14H12Cl2O4. The van der Waals surface area contributed by atoms with E-state index in [1.54, 1.807) is 0 Å². The van der Waals surface area contributed by atoms with E-state index in [1.165, 1.54) is 19.2 Å². The molecular weight excluding hydrogens is 303 g/mol. The van der Waals surface area contributed by atoms with E-state index in [2.05, 4.69) is 0 Å². The SMILES string of the molecule is COc1cc(C(=O)C2C(=O)CCCC2=O)c(Cl)cc1Cl. The number of carbonyl (C=O) groups excluding carboxylic acids is 3. The molecule has 0 bridgehead atoms. The first kappa shape index (κ1) is 15.0. The lowest BCUT2D eigenvalue weighted by atomic mass is 9.81. The number of carbonyl (C=O) groups is 3. The number of Topliss-reactive ketones (excluding diaryl/α,β-unsaturated/α-hetero) is 3. The Labute approximate surface area is 126 Å². The Morgan fingerprint density at radius 1 is 1.15 bits per heavy atom. The molecule has 106 valence electrons. The Kier molecular flexibility index (Phi) is 4.45. The normalized spacial score (nSPS) is 16.4. The summed E-state index contributed by atoms with van der Waals surface area (Å²) in [6, 6.07) is 2.73. The van der Waals surface area contributed by atoms with E-state index in [4.69, 9.17) is 27.9 Å². The molecule has 20 heavy (non-hydrogen) atoms. The second kappa shape index (κ2) is 5.94. The lowest BCUT2D eigenvalue weighted by molar-refractivity contribution is -0.133. The fourth-order valence-electron chi connectivity index (χ4n) is 2.23. The van der Waals surface area contributed by atoms with E-state index in [0.717, 1.165) is 0 Å². The molecule has 1 aromatic rings. The second-order valence-corrected chi connectivity index (χ2v) is 5.36. The van der Waals surface area contributed by atoms with E-state index >= 15 is 0 Å². The quantitative estimate of drug-likeness (QED) is 0.635. The highest BCUT2D eigenvalue weighted by atomic mass is 35.5. The van der Waals surface area contributed by atoms with Crippen molar-refractivity contribution in [3.63, 3.8) is 0 Å². The zero-order valence-electron chi connectivity index (χ0n) is 10.7. The molecule has 1 aliphatic carbocycles. The number of ketones is 3. The van der Waals surface area contributed by atoms with Crippen molar-refractivity contribution in [1.29, 1.82) is 0 Å². The standard InChI is InChI=1S/C14H12Cl2O4/c1-20-12-5-7(8(15)6-9(12)16)14(19)13-10(17)3-2-4-11(13)18/h5-6,13H,2-4H2,1H3. The highest BCUT2D eigenvalue weighted by Gasteiger charge is 2.37. The van der Waals surface area contributed by atoms with E-state index < -0.39 is 11.7 Å². The molecule has 0 unspecified atom stereocenters. The fraction of sp³-hybridized carbons (Fsp3) is 0.357. The molecule has 2 rings (SSSR count). The van der Waals surface area contributed by atoms with Gasteiger partial charge in [0, 0.05) is 18.4 Å². The monoisotopic (exact) mass is 314 g/mol. The smallest absolute Gasteiger partial charge is 0.182 e. The van der Waals surface area contributed by atoms with Gasteiger partial charge in [-0.2, -0.15) is 0 Å². The lowest BCUT2D eigenvalue weighted by Gasteiger charge is -2.19. The van der Waals surface area contributed by atoms with Crippen LogP contribution in [0.15, 0.2) is 12.1 Å². The van der Waals surface area contributed by atoms with Crippen molar-refractivity contribution < 1.29 is 19.1 Å². The van der Waals surface area contributed by atoms with Crippen molar-refractivity contribution in [3.8, 4) is 5.75 Å². The van der Waals surface area contributed by atoms with Crippen LogP contribution in [0.2, 0.25) is 10.0 Å². The van der Waals surface area contributed by atoms with Gasteiger partial charge in [0.25, 0.3) is 0 Å². The van der Waals surface area contributed by atoms with E-state index in [-0.39, 0.29) is 45.8 Å².